The van der Waals surface area contributed by atoms with Crippen molar-refractivity contribution in [1.82, 2.24) is 9.29 Å². The van der Waals surface area contributed by atoms with Crippen LogP contribution >= 0.6 is 0 Å². The Labute approximate surface area is 130 Å². The van der Waals surface area contributed by atoms with Crippen LogP contribution in [0.5, 0.6) is 0 Å². The average molecular weight is 324 g/mol. The molecule has 0 fully saturated rings. The monoisotopic (exact) mass is 324 g/mol. The minimum absolute atomic E-state index is 0.216. The first-order chi connectivity index (χ1) is 10.5. The lowest BCUT2D eigenvalue weighted by atomic mass is 10.2. The molecule has 0 spiro atoms. The predicted octanol–water partition coefficient (Wildman–Crippen LogP) is 1.51. The number of aromatic nitrogens is 1. The molecule has 6 nitrogen and oxygen atoms in total. The highest BCUT2D eigenvalue weighted by molar-refractivity contribution is 7.88. The number of esters is 1. The highest BCUT2D eigenvalue weighted by Crippen LogP contribution is 2.15. The van der Waals surface area contributed by atoms with Gasteiger partial charge in [0.1, 0.15) is 0 Å². The van der Waals surface area contributed by atoms with Gasteiger partial charge >= 0.3 is 5.97 Å². The minimum Gasteiger partial charge on any atom is -0.466 e. The number of aryl methyl sites for hydroxylation is 1. The molecule has 1 heterocycles. The normalized spacial score (nSPS) is 11.7. The third kappa shape index (κ3) is 5.16. The fraction of sp³-hybridized carbons (Fsp3) is 0.400. The molecule has 0 aliphatic rings. The van der Waals surface area contributed by atoms with Crippen LogP contribution < -0.4 is 4.72 Å². The summed E-state index contributed by atoms with van der Waals surface area (Å²) in [5.41, 5.74) is 1.09. The van der Waals surface area contributed by atoms with Crippen LogP contribution in [0.4, 0.5) is 0 Å². The van der Waals surface area contributed by atoms with Gasteiger partial charge in [-0.3, -0.25) is 4.79 Å². The van der Waals surface area contributed by atoms with Gasteiger partial charge in [-0.2, -0.15) is 0 Å². The molecule has 2 rings (SSSR count). The van der Waals surface area contributed by atoms with E-state index in [2.05, 4.69) is 4.72 Å². The van der Waals surface area contributed by atoms with Gasteiger partial charge in [0.05, 0.1) is 19.3 Å². The second-order valence-electron chi connectivity index (χ2n) is 5.06. The number of hydrogen-bond donors (Lipinski definition) is 1. The van der Waals surface area contributed by atoms with E-state index >= 15 is 0 Å². The number of benzene rings is 1. The smallest absolute Gasteiger partial charge is 0.307 e. The number of nitrogens with zero attached hydrogens (tertiary/aromatic N) is 1. The number of hydrogen-bond acceptors (Lipinski definition) is 4. The maximum atomic E-state index is 11.7. The molecule has 120 valence electrons. The van der Waals surface area contributed by atoms with Crippen molar-refractivity contribution in [1.29, 1.82) is 0 Å². The molecule has 0 bridgehead atoms. The van der Waals surface area contributed by atoms with Crippen molar-refractivity contribution in [3.05, 3.63) is 36.5 Å². The second kappa shape index (κ2) is 7.42. The molecule has 1 aromatic carbocycles. The zero-order chi connectivity index (χ0) is 16.0. The van der Waals surface area contributed by atoms with Crippen molar-refractivity contribution in [3.63, 3.8) is 0 Å². The summed E-state index contributed by atoms with van der Waals surface area (Å²) < 4.78 is 31.1. The maximum Gasteiger partial charge on any atom is 0.307 e. The van der Waals surface area contributed by atoms with Crippen molar-refractivity contribution < 1.29 is 17.9 Å². The third-order valence-corrected chi connectivity index (χ3v) is 3.91. The van der Waals surface area contributed by atoms with Gasteiger partial charge in [-0.1, -0.05) is 18.2 Å². The molecule has 0 saturated carbocycles. The number of nitrogens with one attached hydrogen (secondary N) is 1. The lowest BCUT2D eigenvalue weighted by Crippen LogP contribution is -2.24. The summed E-state index contributed by atoms with van der Waals surface area (Å²) in [6, 6.07) is 9.99. The van der Waals surface area contributed by atoms with Crippen LogP contribution in [0.25, 0.3) is 10.9 Å². The molecular formula is C15H20N2O4S. The fourth-order valence-electron chi connectivity index (χ4n) is 2.14. The summed E-state index contributed by atoms with van der Waals surface area (Å²) in [7, 11) is -3.18. The first-order valence-electron chi connectivity index (χ1n) is 7.10. The molecule has 0 saturated heterocycles. The molecule has 0 amide bonds. The first-order valence-corrected chi connectivity index (χ1v) is 8.99. The standard InChI is InChI=1S/C15H20N2O4S/c1-22(19,20)16-9-4-12-21-15(18)8-11-17-10-7-13-5-2-3-6-14(13)17/h2-3,5-7,10,16H,4,8-9,11-12H2,1H3. The van der Waals surface area contributed by atoms with Crippen LogP contribution in [0, 0.1) is 0 Å². The average Bonchev–Trinajstić information content (AvgIpc) is 2.87. The predicted molar refractivity (Wildman–Crippen MR) is 85.0 cm³/mol. The molecule has 0 unspecified atom stereocenters. The summed E-state index contributed by atoms with van der Waals surface area (Å²) in [6.45, 7) is 1.05. The van der Waals surface area contributed by atoms with Crippen molar-refractivity contribution in [2.24, 2.45) is 0 Å². The SMILES string of the molecule is CS(=O)(=O)NCCCOC(=O)CCn1ccc2ccccc21. The van der Waals surface area contributed by atoms with Gasteiger partial charge in [0.2, 0.25) is 10.0 Å². The van der Waals surface area contributed by atoms with Gasteiger partial charge in [-0.25, -0.2) is 13.1 Å². The molecule has 1 aromatic heterocycles. The number of fused-ring (bicyclic) bond motifs is 1. The zero-order valence-electron chi connectivity index (χ0n) is 12.5. The number of carbonyl (C=O) groups is 1. The summed E-state index contributed by atoms with van der Waals surface area (Å²) >= 11 is 0. The van der Waals surface area contributed by atoms with E-state index in [0.29, 0.717) is 13.0 Å². The Balaban J connectivity index is 1.70. The number of rotatable bonds is 8. The third-order valence-electron chi connectivity index (χ3n) is 3.19. The lowest BCUT2D eigenvalue weighted by molar-refractivity contribution is -0.143. The summed E-state index contributed by atoms with van der Waals surface area (Å²) in [6.07, 6.45) is 3.80. The van der Waals surface area contributed by atoms with Gasteiger partial charge in [0.15, 0.2) is 0 Å². The van der Waals surface area contributed by atoms with Crippen LogP contribution in [-0.2, 0) is 26.1 Å². The molecule has 0 radical (unpaired) electrons. The molecule has 0 atom stereocenters. The lowest BCUT2D eigenvalue weighted by Gasteiger charge is -2.07. The number of para-hydroxylation sites is 1. The van der Waals surface area contributed by atoms with Crippen molar-refractivity contribution in [2.75, 3.05) is 19.4 Å². The van der Waals surface area contributed by atoms with E-state index in [1.54, 1.807) is 0 Å². The van der Waals surface area contributed by atoms with E-state index in [0.717, 1.165) is 17.2 Å². The fourth-order valence-corrected chi connectivity index (χ4v) is 2.65. The van der Waals surface area contributed by atoms with Crippen molar-refractivity contribution >= 4 is 26.9 Å². The van der Waals surface area contributed by atoms with Gasteiger partial charge in [-0.05, 0) is 23.9 Å². The van der Waals surface area contributed by atoms with Crippen LogP contribution in [0.2, 0.25) is 0 Å². The first kappa shape index (κ1) is 16.5. The minimum atomic E-state index is -3.18. The van der Waals surface area contributed by atoms with E-state index < -0.39 is 10.0 Å². The van der Waals surface area contributed by atoms with Crippen LogP contribution in [0.3, 0.4) is 0 Å². The molecule has 2 aromatic rings. The van der Waals surface area contributed by atoms with Gasteiger partial charge in [0.25, 0.3) is 0 Å². The van der Waals surface area contributed by atoms with Gasteiger partial charge in [0, 0.05) is 24.8 Å². The number of ether oxygens (including phenoxy) is 1. The molecule has 0 aliphatic carbocycles. The Bertz CT molecular complexity index is 737. The molecule has 7 heteroatoms. The second-order valence-corrected chi connectivity index (χ2v) is 6.89. The van der Waals surface area contributed by atoms with E-state index in [4.69, 9.17) is 4.74 Å². The van der Waals surface area contributed by atoms with Crippen LogP contribution in [-0.4, -0.2) is 38.4 Å². The molecule has 1 N–H and O–H groups in total. The van der Waals surface area contributed by atoms with Crippen LogP contribution in [0.1, 0.15) is 12.8 Å². The number of sulfonamides is 1. The summed E-state index contributed by atoms with van der Waals surface area (Å²) in [4.78, 5) is 11.7. The Hall–Kier alpha value is -1.86. The quantitative estimate of drug-likeness (QED) is 0.590. The van der Waals surface area contributed by atoms with Gasteiger partial charge in [-0.15, -0.1) is 0 Å². The van der Waals surface area contributed by atoms with E-state index in [9.17, 15) is 13.2 Å². The Morgan fingerprint density at radius 1 is 1.27 bits per heavy atom. The zero-order valence-corrected chi connectivity index (χ0v) is 13.3. The van der Waals surface area contributed by atoms with E-state index in [1.807, 2.05) is 41.1 Å². The van der Waals surface area contributed by atoms with Crippen LogP contribution in [0.15, 0.2) is 36.5 Å². The van der Waals surface area contributed by atoms with Crippen molar-refractivity contribution in [3.8, 4) is 0 Å². The molecule has 0 aliphatic heterocycles. The highest BCUT2D eigenvalue weighted by Gasteiger charge is 2.06. The topological polar surface area (TPSA) is 77.4 Å². The largest absolute Gasteiger partial charge is 0.466 e. The molecular weight excluding hydrogens is 304 g/mol. The Kier molecular flexibility index (Phi) is 5.57. The number of carbonyl (C=O) groups excluding carboxylic acids is 1. The Morgan fingerprint density at radius 2 is 2.05 bits per heavy atom. The Morgan fingerprint density at radius 3 is 2.82 bits per heavy atom. The van der Waals surface area contributed by atoms with Gasteiger partial charge < -0.3 is 9.30 Å². The highest BCUT2D eigenvalue weighted by atomic mass is 32.2. The van der Waals surface area contributed by atoms with Crippen molar-refractivity contribution in [2.45, 2.75) is 19.4 Å². The summed E-state index contributed by atoms with van der Waals surface area (Å²) in [5.74, 6) is -0.280. The van der Waals surface area contributed by atoms with E-state index in [-0.39, 0.29) is 25.5 Å². The molecule has 22 heavy (non-hydrogen) atoms. The summed E-state index contributed by atoms with van der Waals surface area (Å²) in [5, 5.41) is 1.14. The van der Waals surface area contributed by atoms with E-state index in [1.165, 1.54) is 0 Å². The maximum absolute atomic E-state index is 11.7.